The molecule has 2 N–H and O–H groups in total. The van der Waals surface area contributed by atoms with Crippen LogP contribution in [-0.4, -0.2) is 11.0 Å². The smallest absolute Gasteiger partial charge is 0.228 e. The van der Waals surface area contributed by atoms with Crippen molar-refractivity contribution < 1.29 is 9.90 Å². The van der Waals surface area contributed by atoms with E-state index in [0.29, 0.717) is 0 Å². The van der Waals surface area contributed by atoms with Crippen LogP contribution in [0.2, 0.25) is 0 Å². The molecular formula is C17H17NO2. The first kappa shape index (κ1) is 12.9. The zero-order chi connectivity index (χ0) is 13.9. The third-order valence-corrected chi connectivity index (χ3v) is 3.80. The van der Waals surface area contributed by atoms with Crippen LogP contribution >= 0.6 is 0 Å². The van der Waals surface area contributed by atoms with Gasteiger partial charge in [-0.05, 0) is 41.7 Å². The molecule has 0 atom stereocenters. The van der Waals surface area contributed by atoms with E-state index < -0.39 is 0 Å². The van der Waals surface area contributed by atoms with E-state index in [1.807, 2.05) is 30.3 Å². The maximum absolute atomic E-state index is 12.3. The Bertz CT molecular complexity index is 611. The molecule has 2 aromatic carbocycles. The average molecular weight is 267 g/mol. The maximum Gasteiger partial charge on any atom is 0.228 e. The van der Waals surface area contributed by atoms with E-state index in [2.05, 4.69) is 17.4 Å². The molecule has 0 aromatic heterocycles. The van der Waals surface area contributed by atoms with Crippen molar-refractivity contribution in [2.75, 3.05) is 5.32 Å². The first-order chi connectivity index (χ1) is 9.76. The number of carbonyl (C=O) groups is 1. The van der Waals surface area contributed by atoms with Crippen molar-refractivity contribution in [1.29, 1.82) is 0 Å². The summed E-state index contributed by atoms with van der Waals surface area (Å²) in [6, 6.07) is 15.5. The molecule has 3 nitrogen and oxygen atoms in total. The van der Waals surface area contributed by atoms with E-state index in [4.69, 9.17) is 5.11 Å². The second-order valence-electron chi connectivity index (χ2n) is 5.22. The minimum absolute atomic E-state index is 0.00480. The summed E-state index contributed by atoms with van der Waals surface area (Å²) in [5, 5.41) is 12.1. The molecule has 0 saturated heterocycles. The minimum atomic E-state index is -0.0153. The SMILES string of the molecule is O=C(Nc1cccc(CO)c1)C1Cc2ccccc2C1. The Hall–Kier alpha value is -2.13. The summed E-state index contributed by atoms with van der Waals surface area (Å²) in [7, 11) is 0. The monoisotopic (exact) mass is 267 g/mol. The molecule has 0 radical (unpaired) electrons. The molecule has 2 aromatic rings. The topological polar surface area (TPSA) is 49.3 Å². The van der Waals surface area contributed by atoms with E-state index in [1.165, 1.54) is 11.1 Å². The Morgan fingerprint density at radius 1 is 1.10 bits per heavy atom. The predicted octanol–water partition coefficient (Wildman–Crippen LogP) is 2.53. The summed E-state index contributed by atoms with van der Waals surface area (Å²) in [4.78, 5) is 12.3. The molecule has 0 unspecified atom stereocenters. The van der Waals surface area contributed by atoms with Crippen molar-refractivity contribution >= 4 is 11.6 Å². The average Bonchev–Trinajstić information content (AvgIpc) is 2.91. The van der Waals surface area contributed by atoms with Crippen molar-refractivity contribution in [3.63, 3.8) is 0 Å². The fraction of sp³-hybridized carbons (Fsp3) is 0.235. The van der Waals surface area contributed by atoms with Crippen LogP contribution in [0.3, 0.4) is 0 Å². The number of anilines is 1. The Kier molecular flexibility index (Phi) is 3.52. The number of aliphatic hydroxyl groups is 1. The molecule has 0 heterocycles. The van der Waals surface area contributed by atoms with Crippen molar-refractivity contribution in [2.24, 2.45) is 5.92 Å². The van der Waals surface area contributed by atoms with E-state index >= 15 is 0 Å². The molecule has 0 saturated carbocycles. The number of hydrogen-bond acceptors (Lipinski definition) is 2. The van der Waals surface area contributed by atoms with E-state index in [1.54, 1.807) is 6.07 Å². The van der Waals surface area contributed by atoms with E-state index in [0.717, 1.165) is 24.1 Å². The van der Waals surface area contributed by atoms with Crippen LogP contribution in [0.1, 0.15) is 16.7 Å². The second kappa shape index (κ2) is 5.47. The van der Waals surface area contributed by atoms with Gasteiger partial charge >= 0.3 is 0 Å². The lowest BCUT2D eigenvalue weighted by Crippen LogP contribution is -2.23. The zero-order valence-corrected chi connectivity index (χ0v) is 11.2. The third-order valence-electron chi connectivity index (χ3n) is 3.80. The number of nitrogens with one attached hydrogen (secondary N) is 1. The van der Waals surface area contributed by atoms with Gasteiger partial charge in [-0.3, -0.25) is 4.79 Å². The van der Waals surface area contributed by atoms with Gasteiger partial charge in [0.1, 0.15) is 0 Å². The van der Waals surface area contributed by atoms with Crippen LogP contribution in [0.15, 0.2) is 48.5 Å². The molecule has 20 heavy (non-hydrogen) atoms. The van der Waals surface area contributed by atoms with Crippen molar-refractivity contribution in [2.45, 2.75) is 19.4 Å². The summed E-state index contributed by atoms with van der Waals surface area (Å²) in [5.41, 5.74) is 4.10. The Morgan fingerprint density at radius 2 is 1.80 bits per heavy atom. The molecule has 3 rings (SSSR count). The van der Waals surface area contributed by atoms with Crippen molar-refractivity contribution in [3.8, 4) is 0 Å². The molecule has 102 valence electrons. The van der Waals surface area contributed by atoms with Gasteiger partial charge in [-0.25, -0.2) is 0 Å². The van der Waals surface area contributed by atoms with Gasteiger partial charge < -0.3 is 10.4 Å². The summed E-state index contributed by atoms with van der Waals surface area (Å²) < 4.78 is 0. The van der Waals surface area contributed by atoms with Crippen LogP contribution in [0.5, 0.6) is 0 Å². The molecule has 0 aliphatic heterocycles. The predicted molar refractivity (Wildman–Crippen MR) is 78.3 cm³/mol. The van der Waals surface area contributed by atoms with Gasteiger partial charge in [0.25, 0.3) is 0 Å². The van der Waals surface area contributed by atoms with Gasteiger partial charge in [0.2, 0.25) is 5.91 Å². The van der Waals surface area contributed by atoms with Gasteiger partial charge in [-0.1, -0.05) is 36.4 Å². The molecular weight excluding hydrogens is 250 g/mol. The first-order valence-corrected chi connectivity index (χ1v) is 6.83. The number of benzene rings is 2. The van der Waals surface area contributed by atoms with E-state index in [9.17, 15) is 4.79 Å². The van der Waals surface area contributed by atoms with Crippen LogP contribution in [0, 0.1) is 5.92 Å². The molecule has 0 fully saturated rings. The first-order valence-electron chi connectivity index (χ1n) is 6.83. The fourth-order valence-corrected chi connectivity index (χ4v) is 2.74. The van der Waals surface area contributed by atoms with E-state index in [-0.39, 0.29) is 18.4 Å². The number of hydrogen-bond donors (Lipinski definition) is 2. The van der Waals surface area contributed by atoms with Crippen molar-refractivity contribution in [1.82, 2.24) is 0 Å². The van der Waals surface area contributed by atoms with Gasteiger partial charge in [0.05, 0.1) is 6.61 Å². The Balaban J connectivity index is 1.69. The van der Waals surface area contributed by atoms with Gasteiger partial charge in [-0.2, -0.15) is 0 Å². The standard InChI is InChI=1S/C17H17NO2/c19-11-12-4-3-7-16(8-12)18-17(20)15-9-13-5-1-2-6-14(13)10-15/h1-8,15,19H,9-11H2,(H,18,20). The molecule has 0 bridgehead atoms. The summed E-state index contributed by atoms with van der Waals surface area (Å²) in [6.45, 7) is -0.0153. The number of rotatable bonds is 3. The number of carbonyl (C=O) groups excluding carboxylic acids is 1. The zero-order valence-electron chi connectivity index (χ0n) is 11.2. The normalized spacial score (nSPS) is 14.1. The van der Waals surface area contributed by atoms with Crippen LogP contribution < -0.4 is 5.32 Å². The molecule has 1 aliphatic carbocycles. The molecule has 1 amide bonds. The molecule has 1 aliphatic rings. The lowest BCUT2D eigenvalue weighted by atomic mass is 10.1. The maximum atomic E-state index is 12.3. The van der Waals surface area contributed by atoms with Gasteiger partial charge in [0.15, 0.2) is 0 Å². The van der Waals surface area contributed by atoms with Crippen molar-refractivity contribution in [3.05, 3.63) is 65.2 Å². The highest BCUT2D eigenvalue weighted by Gasteiger charge is 2.26. The highest BCUT2D eigenvalue weighted by molar-refractivity contribution is 5.93. The lowest BCUT2D eigenvalue weighted by Gasteiger charge is -2.11. The largest absolute Gasteiger partial charge is 0.392 e. The van der Waals surface area contributed by atoms with Crippen LogP contribution in [-0.2, 0) is 24.2 Å². The van der Waals surface area contributed by atoms with Crippen LogP contribution in [0.4, 0.5) is 5.69 Å². The highest BCUT2D eigenvalue weighted by Crippen LogP contribution is 2.27. The van der Waals surface area contributed by atoms with Gasteiger partial charge in [0, 0.05) is 11.6 Å². The fourth-order valence-electron chi connectivity index (χ4n) is 2.74. The second-order valence-corrected chi connectivity index (χ2v) is 5.22. The Morgan fingerprint density at radius 3 is 2.45 bits per heavy atom. The van der Waals surface area contributed by atoms with Crippen LogP contribution in [0.25, 0.3) is 0 Å². The number of amides is 1. The summed E-state index contributed by atoms with van der Waals surface area (Å²) in [5.74, 6) is 0.0569. The number of fused-ring (bicyclic) bond motifs is 1. The quantitative estimate of drug-likeness (QED) is 0.897. The summed E-state index contributed by atoms with van der Waals surface area (Å²) >= 11 is 0. The van der Waals surface area contributed by atoms with Gasteiger partial charge in [-0.15, -0.1) is 0 Å². The number of aliphatic hydroxyl groups excluding tert-OH is 1. The molecule has 3 heteroatoms. The highest BCUT2D eigenvalue weighted by atomic mass is 16.3. The minimum Gasteiger partial charge on any atom is -0.392 e. The lowest BCUT2D eigenvalue weighted by molar-refractivity contribution is -0.119. The summed E-state index contributed by atoms with van der Waals surface area (Å²) in [6.07, 6.45) is 1.61. The Labute approximate surface area is 118 Å². The molecule has 0 spiro atoms. The third kappa shape index (κ3) is 2.58.